The zero-order valence-electron chi connectivity index (χ0n) is 13.6. The first-order valence-electron chi connectivity index (χ1n) is 8.43. The number of amides is 1. The number of rotatable bonds is 4. The van der Waals surface area contributed by atoms with E-state index in [1.165, 1.54) is 0 Å². The minimum absolute atomic E-state index is 0.126. The minimum Gasteiger partial charge on any atom is -0.381 e. The first kappa shape index (κ1) is 15.3. The highest BCUT2D eigenvalue weighted by atomic mass is 16.5. The molecule has 6 heteroatoms. The first-order valence-corrected chi connectivity index (χ1v) is 8.43. The van der Waals surface area contributed by atoms with Gasteiger partial charge in [-0.1, -0.05) is 35.5 Å². The van der Waals surface area contributed by atoms with Crippen LogP contribution in [0.3, 0.4) is 0 Å². The Morgan fingerprint density at radius 1 is 1.21 bits per heavy atom. The summed E-state index contributed by atoms with van der Waals surface area (Å²) in [7, 11) is 0. The molecule has 1 atom stereocenters. The highest BCUT2D eigenvalue weighted by Gasteiger charge is 2.41. The van der Waals surface area contributed by atoms with Crippen molar-refractivity contribution in [2.75, 3.05) is 19.8 Å². The summed E-state index contributed by atoms with van der Waals surface area (Å²) in [5, 5.41) is 4.04. The Kier molecular flexibility index (Phi) is 4.06. The molecule has 1 spiro atoms. The molecule has 24 heavy (non-hydrogen) atoms. The van der Waals surface area contributed by atoms with E-state index in [1.807, 2.05) is 35.2 Å². The molecule has 0 saturated carbocycles. The average molecular weight is 327 g/mol. The Labute approximate surface area is 140 Å². The van der Waals surface area contributed by atoms with Gasteiger partial charge in [-0.05, 0) is 18.4 Å². The normalized spacial score (nSPS) is 24.0. The van der Waals surface area contributed by atoms with Gasteiger partial charge in [0.15, 0.2) is 5.82 Å². The SMILES string of the molecule is O=C1CC[C@]2(CCOC2)CN1Cc1nc(Cc2ccccc2)no1. The van der Waals surface area contributed by atoms with E-state index in [2.05, 4.69) is 10.1 Å². The van der Waals surface area contributed by atoms with Gasteiger partial charge in [-0.15, -0.1) is 0 Å². The van der Waals surface area contributed by atoms with Gasteiger partial charge in [0, 0.05) is 31.4 Å². The van der Waals surface area contributed by atoms with Gasteiger partial charge < -0.3 is 14.2 Å². The summed E-state index contributed by atoms with van der Waals surface area (Å²) in [5.41, 5.74) is 1.27. The van der Waals surface area contributed by atoms with Gasteiger partial charge in [-0.25, -0.2) is 0 Å². The second-order valence-electron chi connectivity index (χ2n) is 6.82. The Balaban J connectivity index is 1.42. The molecule has 126 valence electrons. The molecule has 1 aromatic carbocycles. The maximum atomic E-state index is 12.2. The Morgan fingerprint density at radius 2 is 2.08 bits per heavy atom. The number of nitrogens with zero attached hydrogens (tertiary/aromatic N) is 3. The van der Waals surface area contributed by atoms with Crippen LogP contribution >= 0.6 is 0 Å². The fourth-order valence-electron chi connectivity index (χ4n) is 3.59. The quantitative estimate of drug-likeness (QED) is 0.861. The predicted octanol–water partition coefficient (Wildman–Crippen LogP) is 2.19. The summed E-state index contributed by atoms with van der Waals surface area (Å²) in [6.45, 7) is 2.66. The molecule has 4 rings (SSSR count). The molecule has 2 aliphatic rings. The fourth-order valence-corrected chi connectivity index (χ4v) is 3.59. The van der Waals surface area contributed by atoms with Crippen LogP contribution in [-0.2, 0) is 22.5 Å². The summed E-state index contributed by atoms with van der Waals surface area (Å²) in [5.74, 6) is 1.32. The summed E-state index contributed by atoms with van der Waals surface area (Å²) in [6, 6.07) is 10.0. The number of benzene rings is 1. The number of carbonyl (C=O) groups is 1. The van der Waals surface area contributed by atoms with E-state index in [4.69, 9.17) is 9.26 Å². The van der Waals surface area contributed by atoms with Crippen LogP contribution in [0.4, 0.5) is 0 Å². The number of hydrogen-bond acceptors (Lipinski definition) is 5. The second-order valence-corrected chi connectivity index (χ2v) is 6.82. The Bertz CT molecular complexity index is 707. The molecule has 3 heterocycles. The summed E-state index contributed by atoms with van der Waals surface area (Å²) in [6.07, 6.45) is 3.16. The molecule has 0 radical (unpaired) electrons. The molecule has 2 aliphatic heterocycles. The number of piperidine rings is 1. The third kappa shape index (κ3) is 3.19. The molecule has 1 aromatic heterocycles. The van der Waals surface area contributed by atoms with Crippen molar-refractivity contribution >= 4 is 5.91 Å². The topological polar surface area (TPSA) is 68.5 Å². The number of likely N-dealkylation sites (tertiary alicyclic amines) is 1. The molecule has 1 amide bonds. The van der Waals surface area contributed by atoms with Gasteiger partial charge in [0.25, 0.3) is 0 Å². The summed E-state index contributed by atoms with van der Waals surface area (Å²) >= 11 is 0. The lowest BCUT2D eigenvalue weighted by atomic mass is 9.79. The van der Waals surface area contributed by atoms with Crippen molar-refractivity contribution in [3.8, 4) is 0 Å². The molecule has 0 unspecified atom stereocenters. The third-order valence-corrected chi connectivity index (χ3v) is 4.97. The van der Waals surface area contributed by atoms with Gasteiger partial charge in [-0.3, -0.25) is 4.79 Å². The van der Waals surface area contributed by atoms with Crippen LogP contribution in [0.5, 0.6) is 0 Å². The van der Waals surface area contributed by atoms with Gasteiger partial charge in [0.1, 0.15) is 0 Å². The highest BCUT2D eigenvalue weighted by Crippen LogP contribution is 2.38. The first-order chi connectivity index (χ1) is 11.7. The minimum atomic E-state index is 0.126. The van der Waals surface area contributed by atoms with E-state index in [-0.39, 0.29) is 11.3 Å². The van der Waals surface area contributed by atoms with Crippen LogP contribution < -0.4 is 0 Å². The largest absolute Gasteiger partial charge is 0.381 e. The number of ether oxygens (including phenoxy) is 1. The number of carbonyl (C=O) groups excluding carboxylic acids is 1. The van der Waals surface area contributed by atoms with E-state index >= 15 is 0 Å². The van der Waals surface area contributed by atoms with Crippen molar-refractivity contribution < 1.29 is 14.1 Å². The Morgan fingerprint density at radius 3 is 2.88 bits per heavy atom. The molecule has 0 bridgehead atoms. The lowest BCUT2D eigenvalue weighted by molar-refractivity contribution is -0.138. The molecule has 6 nitrogen and oxygen atoms in total. The van der Waals surface area contributed by atoms with Crippen molar-refractivity contribution in [3.05, 3.63) is 47.6 Å². The van der Waals surface area contributed by atoms with Crippen molar-refractivity contribution in [1.29, 1.82) is 0 Å². The molecule has 2 saturated heterocycles. The Hall–Kier alpha value is -2.21. The van der Waals surface area contributed by atoms with E-state index in [0.29, 0.717) is 31.1 Å². The number of aromatic nitrogens is 2. The standard InChI is InChI=1S/C18H21N3O3/c22-17-6-7-18(8-9-23-13-18)12-21(17)11-16-19-15(20-24-16)10-14-4-2-1-3-5-14/h1-5H,6-13H2/t18-/m0/s1. The zero-order valence-corrected chi connectivity index (χ0v) is 13.6. The lowest BCUT2D eigenvalue weighted by Gasteiger charge is -2.38. The van der Waals surface area contributed by atoms with Crippen LogP contribution in [0.15, 0.2) is 34.9 Å². The second kappa shape index (κ2) is 6.36. The predicted molar refractivity (Wildman–Crippen MR) is 86.1 cm³/mol. The highest BCUT2D eigenvalue weighted by molar-refractivity contribution is 5.77. The van der Waals surface area contributed by atoms with Crippen molar-refractivity contribution in [3.63, 3.8) is 0 Å². The van der Waals surface area contributed by atoms with Crippen LogP contribution in [0.2, 0.25) is 0 Å². The van der Waals surface area contributed by atoms with Crippen molar-refractivity contribution in [2.45, 2.75) is 32.2 Å². The van der Waals surface area contributed by atoms with Gasteiger partial charge in [0.05, 0.1) is 13.2 Å². The average Bonchev–Trinajstić information content (AvgIpc) is 3.22. The molecule has 2 fully saturated rings. The number of hydrogen-bond donors (Lipinski definition) is 0. The smallest absolute Gasteiger partial charge is 0.246 e. The zero-order chi connectivity index (χ0) is 16.4. The third-order valence-electron chi connectivity index (χ3n) is 4.97. The van der Waals surface area contributed by atoms with Crippen LogP contribution in [-0.4, -0.2) is 40.7 Å². The maximum absolute atomic E-state index is 12.2. The van der Waals surface area contributed by atoms with Gasteiger partial charge in [0.2, 0.25) is 11.8 Å². The monoisotopic (exact) mass is 327 g/mol. The summed E-state index contributed by atoms with van der Waals surface area (Å²) in [4.78, 5) is 18.5. The molecule has 2 aromatic rings. The van der Waals surface area contributed by atoms with Crippen LogP contribution in [0, 0.1) is 5.41 Å². The molecular weight excluding hydrogens is 306 g/mol. The van der Waals surface area contributed by atoms with Crippen LogP contribution in [0.25, 0.3) is 0 Å². The molecular formula is C18H21N3O3. The lowest BCUT2D eigenvalue weighted by Crippen LogP contribution is -2.46. The maximum Gasteiger partial charge on any atom is 0.246 e. The summed E-state index contributed by atoms with van der Waals surface area (Å²) < 4.78 is 10.9. The van der Waals surface area contributed by atoms with E-state index < -0.39 is 0 Å². The molecule has 0 aliphatic carbocycles. The van der Waals surface area contributed by atoms with E-state index in [1.54, 1.807) is 0 Å². The van der Waals surface area contributed by atoms with Crippen molar-refractivity contribution in [2.24, 2.45) is 5.41 Å². The van der Waals surface area contributed by atoms with Crippen LogP contribution in [0.1, 0.15) is 36.5 Å². The van der Waals surface area contributed by atoms with Gasteiger partial charge >= 0.3 is 0 Å². The van der Waals surface area contributed by atoms with Crippen molar-refractivity contribution in [1.82, 2.24) is 15.0 Å². The van der Waals surface area contributed by atoms with Gasteiger partial charge in [-0.2, -0.15) is 4.98 Å². The molecule has 0 N–H and O–H groups in total. The van der Waals surface area contributed by atoms with E-state index in [9.17, 15) is 4.79 Å². The van der Waals surface area contributed by atoms with E-state index in [0.717, 1.165) is 38.2 Å². The fraction of sp³-hybridized carbons (Fsp3) is 0.500.